The first-order valence-corrected chi connectivity index (χ1v) is 13.6. The Balaban J connectivity index is 1.37. The summed E-state index contributed by atoms with van der Waals surface area (Å²) in [6, 6.07) is 14.2. The van der Waals surface area contributed by atoms with E-state index >= 15 is 0 Å². The van der Waals surface area contributed by atoms with Crippen LogP contribution in [0.3, 0.4) is 0 Å². The van der Waals surface area contributed by atoms with Gasteiger partial charge in [0.2, 0.25) is 0 Å². The molecule has 2 unspecified atom stereocenters. The van der Waals surface area contributed by atoms with Crippen LogP contribution in [0.2, 0.25) is 0 Å². The van der Waals surface area contributed by atoms with Crippen LogP contribution in [-0.2, 0) is 9.59 Å². The van der Waals surface area contributed by atoms with Crippen molar-refractivity contribution < 1.29 is 23.9 Å². The van der Waals surface area contributed by atoms with Gasteiger partial charge < -0.3 is 14.8 Å². The lowest BCUT2D eigenvalue weighted by atomic mass is 9.72. The number of ether oxygens (including phenoxy) is 2. The third kappa shape index (κ3) is 5.09. The molecular weight excluding hydrogens is 468 g/mol. The van der Waals surface area contributed by atoms with Crippen molar-refractivity contribution in [1.82, 2.24) is 10.6 Å². The van der Waals surface area contributed by atoms with Crippen LogP contribution in [-0.4, -0.2) is 36.5 Å². The van der Waals surface area contributed by atoms with E-state index in [4.69, 9.17) is 9.47 Å². The summed E-state index contributed by atoms with van der Waals surface area (Å²) in [5.41, 5.74) is 2.62. The van der Waals surface area contributed by atoms with Crippen LogP contribution in [0, 0.1) is 0 Å². The van der Waals surface area contributed by atoms with Gasteiger partial charge in [-0.1, -0.05) is 24.3 Å². The molecule has 37 heavy (non-hydrogen) atoms. The fourth-order valence-corrected chi connectivity index (χ4v) is 6.33. The van der Waals surface area contributed by atoms with Crippen LogP contribution in [0.1, 0.15) is 93.2 Å². The summed E-state index contributed by atoms with van der Waals surface area (Å²) in [6.07, 6.45) is 4.99. The number of ketones is 1. The van der Waals surface area contributed by atoms with Crippen molar-refractivity contribution in [1.29, 1.82) is 0 Å². The third-order valence-corrected chi connectivity index (χ3v) is 8.34. The second kappa shape index (κ2) is 10.6. The maximum atomic E-state index is 13.2. The summed E-state index contributed by atoms with van der Waals surface area (Å²) in [4.78, 5) is 37.3. The smallest absolute Gasteiger partial charge is 0.322 e. The first-order chi connectivity index (χ1) is 17.9. The summed E-state index contributed by atoms with van der Waals surface area (Å²) >= 11 is 0. The molecule has 7 heteroatoms. The van der Waals surface area contributed by atoms with Crippen LogP contribution in [0.25, 0.3) is 0 Å². The van der Waals surface area contributed by atoms with E-state index in [1.54, 1.807) is 0 Å². The molecule has 3 amide bonds. The lowest BCUT2D eigenvalue weighted by Gasteiger charge is -2.35. The number of carbonyl (C=O) groups is 3. The van der Waals surface area contributed by atoms with Crippen LogP contribution >= 0.6 is 0 Å². The predicted octanol–water partition coefficient (Wildman–Crippen LogP) is 5.34. The number of carbonyl (C=O) groups excluding carboxylic acids is 3. The fourth-order valence-electron chi connectivity index (χ4n) is 6.33. The molecule has 2 atom stereocenters. The normalized spacial score (nSPS) is 27.6. The average molecular weight is 505 g/mol. The average Bonchev–Trinajstić information content (AvgIpc) is 3.18. The molecule has 1 saturated heterocycles. The number of rotatable bonds is 7. The topological polar surface area (TPSA) is 93.7 Å². The van der Waals surface area contributed by atoms with Gasteiger partial charge in [0.25, 0.3) is 5.91 Å². The summed E-state index contributed by atoms with van der Waals surface area (Å²) in [5.74, 6) is 2.07. The molecule has 2 aromatic carbocycles. The number of Topliss-reactive ketones (excluding diaryl/α,β-unsaturated/α-hetero) is 1. The highest BCUT2D eigenvalue weighted by Gasteiger charge is 2.48. The van der Waals surface area contributed by atoms with E-state index in [9.17, 15) is 14.4 Å². The van der Waals surface area contributed by atoms with Crippen molar-refractivity contribution in [2.75, 3.05) is 13.2 Å². The number of imide groups is 1. The van der Waals surface area contributed by atoms with E-state index in [-0.39, 0.29) is 23.5 Å². The Kier molecular flexibility index (Phi) is 7.22. The van der Waals surface area contributed by atoms with E-state index < -0.39 is 11.6 Å². The van der Waals surface area contributed by atoms with E-state index in [1.807, 2.05) is 32.0 Å². The van der Waals surface area contributed by atoms with Gasteiger partial charge in [0, 0.05) is 17.9 Å². The molecule has 5 rings (SSSR count). The molecule has 3 fully saturated rings. The minimum Gasteiger partial charge on any atom is -0.494 e. The minimum absolute atomic E-state index is 0.207. The SMILES string of the molecule is CCOc1ccc(C2CCC(=O)C(c3cc(C4CCC5(CC4)NC(=O)NC5=O)ccc3OCC)C2)cc1. The van der Waals surface area contributed by atoms with E-state index in [2.05, 4.69) is 34.9 Å². The number of urea groups is 1. The highest BCUT2D eigenvalue weighted by molar-refractivity contribution is 6.07. The third-order valence-electron chi connectivity index (χ3n) is 8.34. The fraction of sp³-hybridized carbons (Fsp3) is 0.500. The molecule has 1 aliphatic heterocycles. The standard InChI is InChI=1S/C30H36N2O5/c1-3-36-23-9-5-19(6-10-23)21-7-11-26(33)24(17-21)25-18-22(8-12-27(25)37-4-2)20-13-15-30(16-14-20)28(34)31-29(35)32-30/h5-6,8-10,12,18,20-21,24H,3-4,7,11,13-17H2,1-2H3,(H2,31,32,34,35). The van der Waals surface area contributed by atoms with E-state index in [0.717, 1.165) is 42.7 Å². The first kappa shape index (κ1) is 25.3. The zero-order chi connectivity index (χ0) is 26.0. The van der Waals surface area contributed by atoms with Crippen LogP contribution in [0.5, 0.6) is 11.5 Å². The molecule has 0 radical (unpaired) electrons. The van der Waals surface area contributed by atoms with Gasteiger partial charge in [-0.15, -0.1) is 0 Å². The van der Waals surface area contributed by atoms with Gasteiger partial charge in [-0.25, -0.2) is 4.79 Å². The molecule has 3 aliphatic rings. The lowest BCUT2D eigenvalue weighted by Crippen LogP contribution is -2.49. The molecule has 1 heterocycles. The number of hydrogen-bond donors (Lipinski definition) is 2. The number of hydrogen-bond acceptors (Lipinski definition) is 5. The molecule has 7 nitrogen and oxygen atoms in total. The molecule has 196 valence electrons. The van der Waals surface area contributed by atoms with Crippen LogP contribution in [0.15, 0.2) is 42.5 Å². The van der Waals surface area contributed by atoms with Gasteiger partial charge in [-0.2, -0.15) is 0 Å². The van der Waals surface area contributed by atoms with Crippen molar-refractivity contribution in [3.05, 3.63) is 59.2 Å². The summed E-state index contributed by atoms with van der Waals surface area (Å²) in [7, 11) is 0. The summed E-state index contributed by atoms with van der Waals surface area (Å²) in [5, 5.41) is 5.23. The van der Waals surface area contributed by atoms with Crippen LogP contribution in [0.4, 0.5) is 4.79 Å². The summed E-state index contributed by atoms with van der Waals surface area (Å²) < 4.78 is 11.6. The molecule has 0 aromatic heterocycles. The van der Waals surface area contributed by atoms with Crippen molar-refractivity contribution in [3.8, 4) is 11.5 Å². The molecule has 0 bridgehead atoms. The minimum atomic E-state index is -0.772. The molecule has 2 aliphatic carbocycles. The summed E-state index contributed by atoms with van der Waals surface area (Å²) in [6.45, 7) is 5.12. The second-order valence-electron chi connectivity index (χ2n) is 10.5. The highest BCUT2D eigenvalue weighted by Crippen LogP contribution is 2.45. The Labute approximate surface area is 218 Å². The second-order valence-corrected chi connectivity index (χ2v) is 10.5. The zero-order valence-corrected chi connectivity index (χ0v) is 21.7. The van der Waals surface area contributed by atoms with Crippen molar-refractivity contribution in [3.63, 3.8) is 0 Å². The van der Waals surface area contributed by atoms with Crippen molar-refractivity contribution in [2.24, 2.45) is 0 Å². The maximum absolute atomic E-state index is 13.2. The van der Waals surface area contributed by atoms with E-state index in [0.29, 0.717) is 38.4 Å². The zero-order valence-electron chi connectivity index (χ0n) is 21.7. The highest BCUT2D eigenvalue weighted by atomic mass is 16.5. The van der Waals surface area contributed by atoms with Gasteiger partial charge in [-0.3, -0.25) is 14.9 Å². The Morgan fingerprint density at radius 2 is 1.57 bits per heavy atom. The number of benzene rings is 2. The molecule has 2 N–H and O–H groups in total. The maximum Gasteiger partial charge on any atom is 0.322 e. The molecule has 2 saturated carbocycles. The van der Waals surface area contributed by atoms with Crippen molar-refractivity contribution >= 4 is 17.7 Å². The van der Waals surface area contributed by atoms with E-state index in [1.165, 1.54) is 11.1 Å². The largest absolute Gasteiger partial charge is 0.494 e. The Hall–Kier alpha value is -3.35. The molecule has 2 aromatic rings. The first-order valence-electron chi connectivity index (χ1n) is 13.6. The van der Waals surface area contributed by atoms with Crippen LogP contribution < -0.4 is 20.1 Å². The molecular formula is C30H36N2O5. The van der Waals surface area contributed by atoms with Crippen molar-refractivity contribution in [2.45, 2.75) is 82.1 Å². The number of nitrogens with one attached hydrogen (secondary N) is 2. The lowest BCUT2D eigenvalue weighted by molar-refractivity contribution is -0.125. The van der Waals surface area contributed by atoms with Gasteiger partial charge in [0.05, 0.1) is 13.2 Å². The Morgan fingerprint density at radius 3 is 2.22 bits per heavy atom. The molecule has 1 spiro atoms. The Bertz CT molecular complexity index is 1170. The number of amides is 3. The quantitative estimate of drug-likeness (QED) is 0.497. The van der Waals surface area contributed by atoms with Gasteiger partial charge >= 0.3 is 6.03 Å². The Morgan fingerprint density at radius 1 is 0.865 bits per heavy atom. The van der Waals surface area contributed by atoms with Gasteiger partial charge in [-0.05, 0) is 93.5 Å². The van der Waals surface area contributed by atoms with Gasteiger partial charge in [0.1, 0.15) is 22.8 Å². The predicted molar refractivity (Wildman–Crippen MR) is 140 cm³/mol. The monoisotopic (exact) mass is 504 g/mol. The van der Waals surface area contributed by atoms with Gasteiger partial charge in [0.15, 0.2) is 0 Å².